The van der Waals surface area contributed by atoms with Gasteiger partial charge in [-0.1, -0.05) is 29.3 Å². The molecule has 0 spiro atoms. The lowest BCUT2D eigenvalue weighted by Crippen LogP contribution is -2.54. The summed E-state index contributed by atoms with van der Waals surface area (Å²) in [5.74, 6) is -0.0966. The molecule has 0 unspecified atom stereocenters. The highest BCUT2D eigenvalue weighted by Gasteiger charge is 2.37. The summed E-state index contributed by atoms with van der Waals surface area (Å²) in [6.45, 7) is 0.540. The first-order valence-corrected chi connectivity index (χ1v) is 12.5. The zero-order chi connectivity index (χ0) is 26.7. The lowest BCUT2D eigenvalue weighted by molar-refractivity contribution is -0.135. The van der Waals surface area contributed by atoms with Crippen molar-refractivity contribution < 1.29 is 28.2 Å². The Morgan fingerprint density at radius 3 is 2.57 bits per heavy atom. The van der Waals surface area contributed by atoms with Gasteiger partial charge in [0.25, 0.3) is 0 Å². The molecule has 2 saturated heterocycles. The van der Waals surface area contributed by atoms with Crippen LogP contribution in [0.15, 0.2) is 24.4 Å². The van der Waals surface area contributed by atoms with Crippen LogP contribution < -0.4 is 15.0 Å². The maximum atomic E-state index is 13.0. The fraction of sp³-hybridized carbons (Fsp3) is 0.478. The van der Waals surface area contributed by atoms with Crippen LogP contribution in [0, 0.1) is 0 Å². The van der Waals surface area contributed by atoms with E-state index in [1.807, 2.05) is 4.90 Å². The first-order chi connectivity index (χ1) is 17.6. The van der Waals surface area contributed by atoms with Gasteiger partial charge in [-0.3, -0.25) is 9.69 Å². The van der Waals surface area contributed by atoms with Gasteiger partial charge in [0.05, 0.1) is 12.2 Å². The number of ether oxygens (including phenoxy) is 1. The van der Waals surface area contributed by atoms with Gasteiger partial charge in [0, 0.05) is 42.8 Å². The van der Waals surface area contributed by atoms with Gasteiger partial charge in [-0.25, -0.2) is 9.78 Å². The van der Waals surface area contributed by atoms with Crippen LogP contribution in [0.5, 0.6) is 5.75 Å². The number of nitrogens with one attached hydrogen (secondary N) is 1. The average molecular weight is 559 g/mol. The number of nitrogens with zero attached hydrogens (tertiary/aromatic N) is 5. The van der Waals surface area contributed by atoms with Crippen LogP contribution in [-0.2, 0) is 4.79 Å². The number of benzene rings is 1. The Morgan fingerprint density at radius 2 is 1.92 bits per heavy atom. The molecule has 10 nitrogen and oxygen atoms in total. The Labute approximate surface area is 222 Å². The number of carboxylic acid groups (broad SMARTS) is 1. The number of likely N-dealkylation sites (tertiary alicyclic amines) is 1. The van der Waals surface area contributed by atoms with Crippen LogP contribution in [0.1, 0.15) is 31.4 Å². The first kappa shape index (κ1) is 26.9. The molecule has 14 heteroatoms. The molecule has 4 rings (SSSR count). The summed E-state index contributed by atoms with van der Waals surface area (Å²) in [6.07, 6.45) is 1.24. The fourth-order valence-electron chi connectivity index (χ4n) is 4.52. The van der Waals surface area contributed by atoms with Gasteiger partial charge in [-0.15, -0.1) is 0 Å². The van der Waals surface area contributed by atoms with Gasteiger partial charge >= 0.3 is 12.7 Å². The minimum Gasteiger partial charge on any atom is -0.465 e. The molecule has 0 radical (unpaired) electrons. The number of carbonyl (C=O) groups is 2. The molecule has 37 heavy (non-hydrogen) atoms. The van der Waals surface area contributed by atoms with Gasteiger partial charge in [0.1, 0.15) is 6.04 Å². The van der Waals surface area contributed by atoms with E-state index < -0.39 is 24.8 Å². The van der Waals surface area contributed by atoms with Crippen LogP contribution in [0.3, 0.4) is 0 Å². The van der Waals surface area contributed by atoms with Gasteiger partial charge < -0.3 is 25.0 Å². The highest BCUT2D eigenvalue weighted by Crippen LogP contribution is 2.32. The third kappa shape index (κ3) is 6.24. The quantitative estimate of drug-likeness (QED) is 0.516. The number of hydrogen-bond donors (Lipinski definition) is 2. The van der Waals surface area contributed by atoms with Crippen molar-refractivity contribution in [3.63, 3.8) is 0 Å². The van der Waals surface area contributed by atoms with Crippen molar-refractivity contribution in [1.82, 2.24) is 19.8 Å². The minimum atomic E-state index is -3.07. The van der Waals surface area contributed by atoms with E-state index in [4.69, 9.17) is 23.2 Å². The molecule has 2 fully saturated rings. The molecule has 2 N–H and O–H groups in total. The van der Waals surface area contributed by atoms with E-state index >= 15 is 0 Å². The van der Waals surface area contributed by atoms with Crippen LogP contribution >= 0.6 is 23.2 Å². The summed E-state index contributed by atoms with van der Waals surface area (Å²) in [5, 5.41) is 13.3. The Morgan fingerprint density at radius 1 is 1.19 bits per heavy atom. The Bertz CT molecular complexity index is 1150. The number of amides is 2. The van der Waals surface area contributed by atoms with Crippen molar-refractivity contribution in [2.75, 3.05) is 42.9 Å². The number of halogens is 4. The summed E-state index contributed by atoms with van der Waals surface area (Å²) in [4.78, 5) is 37.6. The zero-order valence-electron chi connectivity index (χ0n) is 19.9. The summed E-state index contributed by atoms with van der Waals surface area (Å²) in [6, 6.07) is 3.89. The van der Waals surface area contributed by atoms with Crippen LogP contribution in [0.25, 0.3) is 0 Å². The average Bonchev–Trinajstić information content (AvgIpc) is 3.35. The van der Waals surface area contributed by atoms with Crippen LogP contribution in [0.4, 0.5) is 25.3 Å². The van der Waals surface area contributed by atoms with Gasteiger partial charge in [-0.05, 0) is 37.5 Å². The highest BCUT2D eigenvalue weighted by atomic mass is 35.5. The molecule has 2 aromatic rings. The Balaban J connectivity index is 1.47. The SMILES string of the molecule is C[C@@H](Nc1nc(N2CCN(C(=O)[C@H]3CCCN3C(=O)O)CC2)ncc1OC(F)F)c1ccc(Cl)cc1Cl. The number of rotatable bonds is 7. The number of alkyl halides is 2. The van der Waals surface area contributed by atoms with E-state index in [1.165, 1.54) is 11.1 Å². The largest absolute Gasteiger partial charge is 0.465 e. The van der Waals surface area contributed by atoms with E-state index in [0.717, 1.165) is 0 Å². The number of hydrogen-bond acceptors (Lipinski definition) is 7. The topological polar surface area (TPSA) is 111 Å². The molecule has 2 amide bonds. The fourth-order valence-corrected chi connectivity index (χ4v) is 5.10. The van der Waals surface area contributed by atoms with Crippen molar-refractivity contribution >= 4 is 47.0 Å². The van der Waals surface area contributed by atoms with Crippen molar-refractivity contribution in [2.24, 2.45) is 0 Å². The first-order valence-electron chi connectivity index (χ1n) is 11.7. The van der Waals surface area contributed by atoms with E-state index in [9.17, 15) is 23.5 Å². The molecule has 0 bridgehead atoms. The Kier molecular flexibility index (Phi) is 8.38. The summed E-state index contributed by atoms with van der Waals surface area (Å²) in [5.41, 5.74) is 0.684. The second-order valence-electron chi connectivity index (χ2n) is 8.74. The molecule has 2 aliphatic rings. The predicted octanol–water partition coefficient (Wildman–Crippen LogP) is 4.35. The number of piperazine rings is 1. The smallest absolute Gasteiger partial charge is 0.407 e. The molecular formula is C23H26Cl2F2N6O4. The molecule has 2 aliphatic heterocycles. The summed E-state index contributed by atoms with van der Waals surface area (Å²) >= 11 is 12.3. The molecule has 0 aliphatic carbocycles. The van der Waals surface area contributed by atoms with Crippen LogP contribution in [0.2, 0.25) is 10.0 Å². The van der Waals surface area contributed by atoms with Gasteiger partial charge in [0.2, 0.25) is 11.9 Å². The monoisotopic (exact) mass is 558 g/mol. The van der Waals surface area contributed by atoms with E-state index in [2.05, 4.69) is 20.0 Å². The molecule has 1 aromatic carbocycles. The lowest BCUT2D eigenvalue weighted by Gasteiger charge is -2.37. The molecule has 0 saturated carbocycles. The van der Waals surface area contributed by atoms with Crippen LogP contribution in [-0.4, -0.2) is 82.3 Å². The van der Waals surface area contributed by atoms with E-state index in [-0.39, 0.29) is 23.4 Å². The van der Waals surface area contributed by atoms with E-state index in [1.54, 1.807) is 30.0 Å². The number of carbonyl (C=O) groups excluding carboxylic acids is 1. The van der Waals surface area contributed by atoms with Crippen molar-refractivity contribution in [3.8, 4) is 5.75 Å². The Hall–Kier alpha value is -3.12. The molecule has 3 heterocycles. The summed E-state index contributed by atoms with van der Waals surface area (Å²) in [7, 11) is 0. The zero-order valence-corrected chi connectivity index (χ0v) is 21.4. The van der Waals surface area contributed by atoms with Crippen molar-refractivity contribution in [1.29, 1.82) is 0 Å². The number of anilines is 2. The number of aromatic nitrogens is 2. The van der Waals surface area contributed by atoms with Crippen molar-refractivity contribution in [3.05, 3.63) is 40.0 Å². The molecular weight excluding hydrogens is 533 g/mol. The van der Waals surface area contributed by atoms with Gasteiger partial charge in [-0.2, -0.15) is 13.8 Å². The molecule has 2 atom stereocenters. The summed E-state index contributed by atoms with van der Waals surface area (Å²) < 4.78 is 30.6. The maximum absolute atomic E-state index is 13.0. The molecule has 200 valence electrons. The normalized spacial score (nSPS) is 18.8. The maximum Gasteiger partial charge on any atom is 0.407 e. The van der Waals surface area contributed by atoms with Crippen molar-refractivity contribution in [2.45, 2.75) is 38.5 Å². The second-order valence-corrected chi connectivity index (χ2v) is 9.58. The third-order valence-electron chi connectivity index (χ3n) is 6.40. The molecule has 1 aromatic heterocycles. The lowest BCUT2D eigenvalue weighted by atomic mass is 10.1. The van der Waals surface area contributed by atoms with E-state index in [0.29, 0.717) is 61.2 Å². The standard InChI is InChI=1S/C23H26Cl2F2N6O4/c1-13(15-5-4-14(24)11-16(15)25)29-19-18(37-21(26)27)12-28-22(30-19)32-9-7-31(8-10-32)20(34)17-3-2-6-33(17)23(35)36/h4-5,11-13,17,21H,2-3,6-10H2,1H3,(H,35,36)(H,28,29,30)/t13-,17-/m1/s1. The third-order valence-corrected chi connectivity index (χ3v) is 6.96. The second kappa shape index (κ2) is 11.5. The minimum absolute atomic E-state index is 0.0605. The van der Waals surface area contributed by atoms with Gasteiger partial charge in [0.15, 0.2) is 11.6 Å². The highest BCUT2D eigenvalue weighted by molar-refractivity contribution is 6.35. The predicted molar refractivity (Wildman–Crippen MR) is 134 cm³/mol.